The van der Waals surface area contributed by atoms with E-state index in [1.54, 1.807) is 0 Å². The summed E-state index contributed by atoms with van der Waals surface area (Å²) in [6.07, 6.45) is 8.82. The van der Waals surface area contributed by atoms with Gasteiger partial charge in [0.15, 0.2) is 0 Å². The second kappa shape index (κ2) is 17.2. The van der Waals surface area contributed by atoms with E-state index in [0.717, 1.165) is 16.3 Å². The van der Waals surface area contributed by atoms with Gasteiger partial charge in [-0.1, -0.05) is 13.3 Å². The Kier molecular flexibility index (Phi) is 17.1. The molecular weight excluding hydrogens is 456 g/mol. The van der Waals surface area contributed by atoms with Gasteiger partial charge in [-0.3, -0.25) is 29.0 Å². The topological polar surface area (TPSA) is 164 Å². The van der Waals surface area contributed by atoms with Crippen LogP contribution in [0.4, 0.5) is 0 Å². The Hall–Kier alpha value is -2.47. The summed E-state index contributed by atoms with van der Waals surface area (Å²) < 4.78 is 4.28. The number of aromatic nitrogens is 2. The van der Waals surface area contributed by atoms with Gasteiger partial charge in [0.05, 0.1) is 39.8 Å². The predicted molar refractivity (Wildman–Crippen MR) is 104 cm³/mol. The van der Waals surface area contributed by atoms with E-state index in [-0.39, 0.29) is 30.2 Å². The average molecular weight is 487 g/mol. The van der Waals surface area contributed by atoms with Gasteiger partial charge < -0.3 is 20.4 Å². The van der Waals surface area contributed by atoms with Crippen LogP contribution < -0.4 is 4.57 Å². The van der Waals surface area contributed by atoms with Crippen LogP contribution >= 0.6 is 0 Å². The largest absolute Gasteiger partial charge is 0.480 e. The Morgan fingerprint density at radius 3 is 1.48 bits per heavy atom. The molecule has 0 spiro atoms. The summed E-state index contributed by atoms with van der Waals surface area (Å²) in [5.41, 5.74) is 0. The summed E-state index contributed by atoms with van der Waals surface area (Å²) in [5.74, 6) is -4.91. The second-order valence-corrected chi connectivity index (χ2v) is 6.67. The molecule has 13 heteroatoms. The van der Waals surface area contributed by atoms with Gasteiger partial charge in [0.1, 0.15) is 12.4 Å². The monoisotopic (exact) mass is 487 g/mol. The fourth-order valence-corrected chi connectivity index (χ4v) is 2.45. The molecule has 0 amide bonds. The van der Waals surface area contributed by atoms with Crippen LogP contribution in [0.5, 0.6) is 0 Å². The molecule has 0 fully saturated rings. The minimum absolute atomic E-state index is 0. The van der Waals surface area contributed by atoms with Gasteiger partial charge in [0.2, 0.25) is 6.33 Å². The van der Waals surface area contributed by atoms with Crippen molar-refractivity contribution >= 4 is 23.9 Å². The van der Waals surface area contributed by atoms with E-state index in [0.29, 0.717) is 0 Å². The number of carboxylic acids is 4. The zero-order chi connectivity index (χ0) is 23.1. The molecule has 0 saturated carbocycles. The van der Waals surface area contributed by atoms with Crippen molar-refractivity contribution in [2.45, 2.75) is 26.3 Å². The summed E-state index contributed by atoms with van der Waals surface area (Å²) in [6.45, 7) is 1.11. The fraction of sp³-hybridized carbons (Fsp3) is 0.611. The summed E-state index contributed by atoms with van der Waals surface area (Å²) >= 11 is 0. The Balaban J connectivity index is 0. The molecule has 12 nitrogen and oxygen atoms in total. The maximum Gasteiger partial charge on any atom is 0.317 e. The van der Waals surface area contributed by atoms with Crippen LogP contribution in [0.15, 0.2) is 18.7 Å². The van der Waals surface area contributed by atoms with Crippen molar-refractivity contribution in [3.63, 3.8) is 0 Å². The van der Waals surface area contributed by atoms with Crippen LogP contribution in [0.1, 0.15) is 19.8 Å². The van der Waals surface area contributed by atoms with Gasteiger partial charge >= 0.3 is 23.9 Å². The summed E-state index contributed by atoms with van der Waals surface area (Å²) in [6, 6.07) is 0. The Morgan fingerprint density at radius 2 is 1.23 bits per heavy atom. The average Bonchev–Trinajstić information content (AvgIpc) is 3.01. The van der Waals surface area contributed by atoms with Crippen molar-refractivity contribution in [1.29, 1.82) is 0 Å². The molecule has 0 aromatic carbocycles. The maximum atomic E-state index is 10.6. The molecule has 4 N–H and O–H groups in total. The van der Waals surface area contributed by atoms with Crippen molar-refractivity contribution in [2.24, 2.45) is 7.05 Å². The van der Waals surface area contributed by atoms with Gasteiger partial charge in [-0.2, -0.15) is 0 Å². The van der Waals surface area contributed by atoms with E-state index in [2.05, 4.69) is 34.8 Å². The number of carboxylic acid groups (broad SMARTS) is 4. The first-order valence-corrected chi connectivity index (χ1v) is 9.36. The van der Waals surface area contributed by atoms with Crippen molar-refractivity contribution in [3.05, 3.63) is 18.7 Å². The van der Waals surface area contributed by atoms with E-state index < -0.39 is 50.1 Å². The number of carbonyl (C=O) groups is 4. The van der Waals surface area contributed by atoms with E-state index in [1.165, 1.54) is 12.8 Å². The number of nitrogens with zero attached hydrogens (tertiary/aromatic N) is 4. The molecule has 0 aliphatic heterocycles. The van der Waals surface area contributed by atoms with E-state index >= 15 is 0 Å². The Labute approximate surface area is 191 Å². The first-order chi connectivity index (χ1) is 14.0. The van der Waals surface area contributed by atoms with Crippen molar-refractivity contribution in [3.8, 4) is 0 Å². The molecule has 0 radical (unpaired) electrons. The quantitative estimate of drug-likeness (QED) is 0.190. The van der Waals surface area contributed by atoms with E-state index in [9.17, 15) is 19.2 Å². The van der Waals surface area contributed by atoms with Crippen LogP contribution in [0.3, 0.4) is 0 Å². The zero-order valence-electron chi connectivity index (χ0n) is 17.7. The van der Waals surface area contributed by atoms with Gasteiger partial charge in [0, 0.05) is 30.2 Å². The molecule has 0 saturated heterocycles. The second-order valence-electron chi connectivity index (χ2n) is 6.67. The normalized spacial score (nSPS) is 10.2. The number of imidazole rings is 1. The molecule has 178 valence electrons. The molecule has 1 aromatic rings. The van der Waals surface area contributed by atoms with Crippen LogP contribution in [-0.2, 0) is 49.8 Å². The summed E-state index contributed by atoms with van der Waals surface area (Å²) in [7, 11) is 2.04. The predicted octanol–water partition coefficient (Wildman–Crippen LogP) is -0.961. The molecule has 0 unspecified atom stereocenters. The number of unbranched alkanes of at least 4 members (excludes halogenated alkanes) is 1. The number of hydrogen-bond donors (Lipinski definition) is 4. The van der Waals surface area contributed by atoms with Gasteiger partial charge in [-0.05, 0) is 6.42 Å². The molecule has 0 bridgehead atoms. The first kappa shape index (κ1) is 30.7. The van der Waals surface area contributed by atoms with Crippen molar-refractivity contribution in [2.75, 3.05) is 39.3 Å². The molecular formula is C18H31FeN4O8+. The summed E-state index contributed by atoms with van der Waals surface area (Å²) in [4.78, 5) is 44.4. The van der Waals surface area contributed by atoms with E-state index in [4.69, 9.17) is 20.4 Å². The van der Waals surface area contributed by atoms with Crippen molar-refractivity contribution in [1.82, 2.24) is 14.4 Å². The van der Waals surface area contributed by atoms with Gasteiger partial charge in [-0.25, -0.2) is 9.13 Å². The SMILES string of the molecule is CCCC[n+]1ccn(C)c1.O=C(O)CN(CCN(CC(=O)O)CC(=O)O)CC(=O)O.[Fe]. The minimum atomic E-state index is -1.23. The standard InChI is InChI=1S/C10H16N2O8.C8H15N2.Fe/c13-7(14)3-11(4-8(15)16)1-2-12(5-9(17)18)6-10(19)20;1-3-4-5-10-7-6-9(2)8-10;/h1-6H2,(H,13,14)(H,15,16)(H,17,18)(H,19,20);6-8H,3-5H2,1-2H3;/q;+1;. The number of rotatable bonds is 14. The van der Waals surface area contributed by atoms with Crippen LogP contribution in [0.25, 0.3) is 0 Å². The number of aliphatic carboxylic acids is 4. The molecule has 31 heavy (non-hydrogen) atoms. The summed E-state index contributed by atoms with van der Waals surface area (Å²) in [5, 5.41) is 34.5. The molecule has 0 aliphatic rings. The van der Waals surface area contributed by atoms with Crippen LogP contribution in [0.2, 0.25) is 0 Å². The number of hydrogen-bond acceptors (Lipinski definition) is 6. The van der Waals surface area contributed by atoms with Gasteiger partial charge in [0.25, 0.3) is 0 Å². The maximum absolute atomic E-state index is 10.6. The first-order valence-electron chi connectivity index (χ1n) is 9.36. The van der Waals surface area contributed by atoms with Crippen LogP contribution in [0, 0.1) is 0 Å². The zero-order valence-corrected chi connectivity index (χ0v) is 18.8. The van der Waals surface area contributed by atoms with E-state index in [1.807, 2.05) is 7.05 Å². The third kappa shape index (κ3) is 18.0. The Morgan fingerprint density at radius 1 is 0.839 bits per heavy atom. The third-order valence-electron chi connectivity index (χ3n) is 3.76. The number of aryl methyl sites for hydroxylation is 2. The fourth-order valence-electron chi connectivity index (χ4n) is 2.45. The van der Waals surface area contributed by atoms with Crippen LogP contribution in [-0.4, -0.2) is 97.9 Å². The molecule has 1 rings (SSSR count). The molecule has 0 atom stereocenters. The Bertz CT molecular complexity index is 630. The van der Waals surface area contributed by atoms with Crippen molar-refractivity contribution < 1.29 is 61.2 Å². The molecule has 0 aliphatic carbocycles. The van der Waals surface area contributed by atoms with Gasteiger partial charge in [-0.15, -0.1) is 0 Å². The molecule has 1 aromatic heterocycles. The third-order valence-corrected chi connectivity index (χ3v) is 3.76. The molecule has 1 heterocycles. The minimum Gasteiger partial charge on any atom is -0.480 e. The smallest absolute Gasteiger partial charge is 0.317 e.